The highest BCUT2D eigenvalue weighted by atomic mass is 19.1. The third kappa shape index (κ3) is 7.12. The van der Waals surface area contributed by atoms with E-state index in [2.05, 4.69) is 9.83 Å². The van der Waals surface area contributed by atoms with Crippen molar-refractivity contribution in [1.82, 2.24) is 9.88 Å². The van der Waals surface area contributed by atoms with Crippen molar-refractivity contribution in [2.75, 3.05) is 27.2 Å². The minimum absolute atomic E-state index is 0.0484. The van der Waals surface area contributed by atoms with Crippen LogP contribution in [0.3, 0.4) is 0 Å². The van der Waals surface area contributed by atoms with Crippen molar-refractivity contribution in [3.05, 3.63) is 101 Å². The highest BCUT2D eigenvalue weighted by Crippen LogP contribution is 2.37. The molecule has 0 N–H and O–H groups in total. The van der Waals surface area contributed by atoms with Gasteiger partial charge in [0.05, 0.1) is 18.7 Å². The number of ether oxygens (including phenoxy) is 2. The first-order valence-corrected chi connectivity index (χ1v) is 12.2. The van der Waals surface area contributed by atoms with Crippen LogP contribution in [-0.4, -0.2) is 42.9 Å². The molecular weight excluding hydrogens is 507 g/mol. The Morgan fingerprint density at radius 3 is 2.33 bits per heavy atom. The summed E-state index contributed by atoms with van der Waals surface area (Å²) in [7, 11) is 3.95. The Morgan fingerprint density at radius 1 is 0.949 bits per heavy atom. The van der Waals surface area contributed by atoms with Gasteiger partial charge in [-0.05, 0) is 62.0 Å². The molecule has 0 radical (unpaired) electrons. The van der Waals surface area contributed by atoms with E-state index in [0.29, 0.717) is 40.8 Å². The van der Waals surface area contributed by atoms with Crippen molar-refractivity contribution in [3.8, 4) is 17.2 Å². The number of pyridine rings is 1. The monoisotopic (exact) mass is 533 g/mol. The van der Waals surface area contributed by atoms with Crippen LogP contribution in [0.5, 0.6) is 17.2 Å². The molecule has 3 aromatic carbocycles. The van der Waals surface area contributed by atoms with Crippen LogP contribution in [0.1, 0.15) is 17.5 Å². The number of fused-ring (bicyclic) bond motifs is 1. The Balaban J connectivity index is 1.48. The number of Topliss-reactive ketones (excluding diaryl/α,β-unsaturated/α-hetero) is 1. The van der Waals surface area contributed by atoms with E-state index in [-0.39, 0.29) is 29.7 Å². The standard InChI is InChI=1S/C30H26F3N3O3/c1-34-28-17-24-27(18-30(28)38-12-4-11-36(2)3)35-10-9-29(24)39-23-8-6-20(26(33)16-23)14-22(37)13-19-5-7-21(31)15-25(19)32/h5-10,15-18H,4,11-14H2,2-3H3. The normalized spacial score (nSPS) is 11.0. The molecule has 0 amide bonds. The number of nitrogens with zero attached hydrogens (tertiary/aromatic N) is 3. The molecule has 4 aromatic rings. The van der Waals surface area contributed by atoms with E-state index < -0.39 is 23.2 Å². The molecule has 0 aliphatic rings. The summed E-state index contributed by atoms with van der Waals surface area (Å²) in [6.07, 6.45) is 1.81. The molecule has 0 spiro atoms. The van der Waals surface area contributed by atoms with Gasteiger partial charge in [-0.1, -0.05) is 12.1 Å². The number of carbonyl (C=O) groups excluding carboxylic acids is 1. The number of ketones is 1. The summed E-state index contributed by atoms with van der Waals surface area (Å²) in [6.45, 7) is 8.87. The van der Waals surface area contributed by atoms with Crippen molar-refractivity contribution in [1.29, 1.82) is 0 Å². The number of benzene rings is 3. The molecular formula is C30H26F3N3O3. The summed E-state index contributed by atoms with van der Waals surface area (Å²) in [5.74, 6) is -1.63. The Labute approximate surface area is 224 Å². The second-order valence-electron chi connectivity index (χ2n) is 9.25. The van der Waals surface area contributed by atoms with Crippen LogP contribution in [0.4, 0.5) is 18.9 Å². The van der Waals surface area contributed by atoms with Crippen molar-refractivity contribution >= 4 is 22.4 Å². The summed E-state index contributed by atoms with van der Waals surface area (Å²) >= 11 is 0. The van der Waals surface area contributed by atoms with E-state index in [1.165, 1.54) is 18.2 Å². The van der Waals surface area contributed by atoms with Gasteiger partial charge in [-0.15, -0.1) is 0 Å². The summed E-state index contributed by atoms with van der Waals surface area (Å²) in [5.41, 5.74) is 1.04. The molecule has 0 aliphatic heterocycles. The first kappa shape index (κ1) is 27.6. The molecule has 4 rings (SSSR count). The molecule has 9 heteroatoms. The number of halogens is 3. The third-order valence-corrected chi connectivity index (χ3v) is 5.95. The van der Waals surface area contributed by atoms with Crippen LogP contribution in [0, 0.1) is 24.0 Å². The SMILES string of the molecule is [C-]#[N+]c1cc2c(Oc3ccc(CC(=O)Cc4ccc(F)cc4F)c(F)c3)ccnc2cc1OCCCN(C)C. The average Bonchev–Trinajstić information content (AvgIpc) is 2.89. The van der Waals surface area contributed by atoms with Crippen LogP contribution in [0.2, 0.25) is 0 Å². The lowest BCUT2D eigenvalue weighted by Crippen LogP contribution is -2.15. The molecule has 200 valence electrons. The van der Waals surface area contributed by atoms with E-state index >= 15 is 0 Å². The molecule has 0 saturated heterocycles. The lowest BCUT2D eigenvalue weighted by molar-refractivity contribution is -0.117. The summed E-state index contributed by atoms with van der Waals surface area (Å²) in [5, 5.41) is 0.560. The predicted molar refractivity (Wildman–Crippen MR) is 142 cm³/mol. The van der Waals surface area contributed by atoms with Gasteiger partial charge in [-0.2, -0.15) is 0 Å². The lowest BCUT2D eigenvalue weighted by Gasteiger charge is -2.14. The van der Waals surface area contributed by atoms with Gasteiger partial charge >= 0.3 is 0 Å². The Hall–Kier alpha value is -4.42. The second-order valence-corrected chi connectivity index (χ2v) is 9.25. The number of carbonyl (C=O) groups is 1. The van der Waals surface area contributed by atoms with E-state index in [4.69, 9.17) is 16.0 Å². The maximum atomic E-state index is 14.8. The fourth-order valence-corrected chi connectivity index (χ4v) is 4.01. The fourth-order valence-electron chi connectivity index (χ4n) is 4.01. The highest BCUT2D eigenvalue weighted by molar-refractivity contribution is 5.91. The van der Waals surface area contributed by atoms with Crippen molar-refractivity contribution in [2.45, 2.75) is 19.3 Å². The van der Waals surface area contributed by atoms with Gasteiger partial charge in [0.25, 0.3) is 0 Å². The topological polar surface area (TPSA) is 56.0 Å². The zero-order chi connectivity index (χ0) is 27.9. The second kappa shape index (κ2) is 12.4. The van der Waals surface area contributed by atoms with E-state index in [1.54, 1.807) is 24.4 Å². The summed E-state index contributed by atoms with van der Waals surface area (Å²) in [4.78, 5) is 22.4. The van der Waals surface area contributed by atoms with Gasteiger partial charge in [-0.25, -0.2) is 18.0 Å². The molecule has 39 heavy (non-hydrogen) atoms. The van der Waals surface area contributed by atoms with E-state index in [0.717, 1.165) is 25.1 Å². The molecule has 1 aromatic heterocycles. The molecule has 0 fully saturated rings. The lowest BCUT2D eigenvalue weighted by atomic mass is 10.0. The fraction of sp³-hybridized carbons (Fsp3) is 0.233. The van der Waals surface area contributed by atoms with Gasteiger partial charge in [0.2, 0.25) is 5.69 Å². The summed E-state index contributed by atoms with van der Waals surface area (Å²) < 4.78 is 53.5. The van der Waals surface area contributed by atoms with E-state index in [1.807, 2.05) is 19.0 Å². The van der Waals surface area contributed by atoms with Crippen molar-refractivity contribution in [3.63, 3.8) is 0 Å². The predicted octanol–water partition coefficient (Wildman–Crippen LogP) is 6.68. The maximum absolute atomic E-state index is 14.8. The van der Waals surface area contributed by atoms with Crippen LogP contribution < -0.4 is 9.47 Å². The highest BCUT2D eigenvalue weighted by Gasteiger charge is 2.15. The van der Waals surface area contributed by atoms with E-state index in [9.17, 15) is 18.0 Å². The van der Waals surface area contributed by atoms with Gasteiger partial charge < -0.3 is 14.4 Å². The molecule has 0 aliphatic carbocycles. The number of hydrogen-bond acceptors (Lipinski definition) is 5. The summed E-state index contributed by atoms with van der Waals surface area (Å²) in [6, 6.07) is 12.0. The maximum Gasteiger partial charge on any atom is 0.229 e. The number of rotatable bonds is 11. The molecule has 0 unspecified atom stereocenters. The quantitative estimate of drug-likeness (QED) is 0.159. The number of hydrogen-bond donors (Lipinski definition) is 0. The van der Waals surface area contributed by atoms with Crippen molar-refractivity contribution < 1.29 is 27.4 Å². The largest absolute Gasteiger partial charge is 0.504 e. The molecule has 6 nitrogen and oxygen atoms in total. The van der Waals surface area contributed by atoms with Crippen LogP contribution in [-0.2, 0) is 17.6 Å². The van der Waals surface area contributed by atoms with Crippen molar-refractivity contribution in [2.24, 2.45) is 0 Å². The number of aromatic nitrogens is 1. The average molecular weight is 534 g/mol. The van der Waals surface area contributed by atoms with Gasteiger partial charge in [0.15, 0.2) is 0 Å². The Morgan fingerprint density at radius 2 is 1.67 bits per heavy atom. The van der Waals surface area contributed by atoms with Gasteiger partial charge in [0, 0.05) is 43.1 Å². The first-order valence-electron chi connectivity index (χ1n) is 12.2. The van der Waals surface area contributed by atoms with Crippen LogP contribution in [0.15, 0.2) is 60.8 Å². The van der Waals surface area contributed by atoms with Crippen LogP contribution in [0.25, 0.3) is 15.7 Å². The first-order chi connectivity index (χ1) is 18.7. The molecule has 0 atom stereocenters. The van der Waals surface area contributed by atoms with Gasteiger partial charge in [0.1, 0.15) is 40.5 Å². The molecule has 0 bridgehead atoms. The smallest absolute Gasteiger partial charge is 0.229 e. The van der Waals surface area contributed by atoms with Gasteiger partial charge in [-0.3, -0.25) is 9.78 Å². The third-order valence-electron chi connectivity index (χ3n) is 5.95. The zero-order valence-corrected chi connectivity index (χ0v) is 21.5. The minimum atomic E-state index is -0.818. The Kier molecular flexibility index (Phi) is 8.79. The minimum Gasteiger partial charge on any atom is -0.504 e. The zero-order valence-electron chi connectivity index (χ0n) is 21.5. The Bertz CT molecular complexity index is 1550. The van der Waals surface area contributed by atoms with Crippen LogP contribution >= 0.6 is 0 Å². The molecule has 1 heterocycles. The molecule has 0 saturated carbocycles.